The molecule has 15 heavy (non-hydrogen) atoms. The van der Waals surface area contributed by atoms with Crippen LogP contribution >= 0.6 is 0 Å². The Labute approximate surface area is 84.1 Å². The van der Waals surface area contributed by atoms with Gasteiger partial charge in [-0.05, 0) is 30.7 Å². The molecule has 1 atom stereocenters. The molecule has 1 aromatic carbocycles. The third-order valence-corrected chi connectivity index (χ3v) is 2.52. The minimum atomic E-state index is -4.49. The molecule has 2 rings (SSSR count). The van der Waals surface area contributed by atoms with Crippen LogP contribution in [-0.2, 0) is 6.18 Å². The Balaban J connectivity index is 2.44. The first kappa shape index (κ1) is 10.4. The van der Waals surface area contributed by atoms with Crippen LogP contribution in [0.2, 0.25) is 0 Å². The molecule has 1 aromatic rings. The van der Waals surface area contributed by atoms with Gasteiger partial charge >= 0.3 is 6.18 Å². The maximum atomic E-state index is 12.7. The number of alkyl halides is 3. The van der Waals surface area contributed by atoms with E-state index in [0.717, 1.165) is 6.07 Å². The van der Waals surface area contributed by atoms with Crippen LogP contribution in [0.1, 0.15) is 23.6 Å². The van der Waals surface area contributed by atoms with Gasteiger partial charge in [-0.3, -0.25) is 0 Å². The van der Waals surface area contributed by atoms with E-state index in [4.69, 9.17) is 0 Å². The highest BCUT2D eigenvalue weighted by molar-refractivity contribution is 5.34. The number of halogens is 4. The zero-order chi connectivity index (χ0) is 11.1. The summed E-state index contributed by atoms with van der Waals surface area (Å²) in [5.41, 5.74) is -0.741. The van der Waals surface area contributed by atoms with Gasteiger partial charge < -0.3 is 5.32 Å². The van der Waals surface area contributed by atoms with Crippen molar-refractivity contribution in [2.24, 2.45) is 0 Å². The second kappa shape index (κ2) is 3.48. The van der Waals surface area contributed by atoms with E-state index in [1.165, 1.54) is 6.07 Å². The molecular formula is C10H9F4N. The van der Waals surface area contributed by atoms with Crippen molar-refractivity contribution in [3.63, 3.8) is 0 Å². The monoisotopic (exact) mass is 219 g/mol. The summed E-state index contributed by atoms with van der Waals surface area (Å²) < 4.78 is 50.4. The zero-order valence-corrected chi connectivity index (χ0v) is 7.74. The van der Waals surface area contributed by atoms with Gasteiger partial charge in [0, 0.05) is 6.04 Å². The van der Waals surface area contributed by atoms with E-state index in [1.807, 2.05) is 0 Å². The molecule has 0 amide bonds. The van der Waals surface area contributed by atoms with Crippen LogP contribution in [-0.4, -0.2) is 6.54 Å². The van der Waals surface area contributed by atoms with Gasteiger partial charge in [-0.1, -0.05) is 6.07 Å². The van der Waals surface area contributed by atoms with Crippen molar-refractivity contribution in [2.75, 3.05) is 6.54 Å². The molecule has 0 bridgehead atoms. The Kier molecular flexibility index (Phi) is 2.42. The largest absolute Gasteiger partial charge is 0.416 e. The fourth-order valence-electron chi connectivity index (χ4n) is 1.63. The van der Waals surface area contributed by atoms with Crippen molar-refractivity contribution in [1.29, 1.82) is 0 Å². The molecule has 1 saturated heterocycles. The summed E-state index contributed by atoms with van der Waals surface area (Å²) in [6, 6.07) is 2.52. The van der Waals surface area contributed by atoms with Crippen LogP contribution in [0.4, 0.5) is 17.6 Å². The Morgan fingerprint density at radius 3 is 2.40 bits per heavy atom. The second-order valence-electron chi connectivity index (χ2n) is 3.52. The Hall–Kier alpha value is -1.10. The Morgan fingerprint density at radius 1 is 1.27 bits per heavy atom. The van der Waals surface area contributed by atoms with Gasteiger partial charge in [-0.15, -0.1) is 0 Å². The number of nitrogens with one attached hydrogen (secondary N) is 1. The normalized spacial score (nSPS) is 21.2. The fourth-order valence-corrected chi connectivity index (χ4v) is 1.63. The highest BCUT2D eigenvalue weighted by atomic mass is 19.4. The molecule has 0 aliphatic carbocycles. The summed E-state index contributed by atoms with van der Waals surface area (Å²) >= 11 is 0. The number of hydrogen-bond acceptors (Lipinski definition) is 1. The first-order valence-electron chi connectivity index (χ1n) is 4.58. The number of rotatable bonds is 1. The molecule has 0 saturated carbocycles. The maximum absolute atomic E-state index is 12.7. The molecule has 82 valence electrons. The van der Waals surface area contributed by atoms with Crippen LogP contribution in [0.15, 0.2) is 18.2 Å². The molecule has 1 heterocycles. The van der Waals surface area contributed by atoms with Crippen molar-refractivity contribution >= 4 is 0 Å². The first-order valence-corrected chi connectivity index (χ1v) is 4.58. The summed E-state index contributed by atoms with van der Waals surface area (Å²) in [6.07, 6.45) is -3.83. The highest BCUT2D eigenvalue weighted by Gasteiger charge is 2.36. The molecule has 0 spiro atoms. The standard InChI is InChI=1S/C10H9F4N/c11-6-1-2-7(9-3-4-15-9)8(5-6)10(12,13)14/h1-2,5,9,15H,3-4H2/t9-/m0/s1. The van der Waals surface area contributed by atoms with Gasteiger partial charge in [-0.2, -0.15) is 13.2 Å². The van der Waals surface area contributed by atoms with Gasteiger partial charge in [0.25, 0.3) is 0 Å². The highest BCUT2D eigenvalue weighted by Crippen LogP contribution is 2.37. The van der Waals surface area contributed by atoms with Gasteiger partial charge in [0.2, 0.25) is 0 Å². The van der Waals surface area contributed by atoms with E-state index in [2.05, 4.69) is 5.32 Å². The zero-order valence-electron chi connectivity index (χ0n) is 7.74. The minimum Gasteiger partial charge on any atom is -0.310 e. The summed E-state index contributed by atoms with van der Waals surface area (Å²) in [7, 11) is 0. The van der Waals surface area contributed by atoms with Gasteiger partial charge in [0.05, 0.1) is 5.56 Å². The van der Waals surface area contributed by atoms with Crippen molar-refractivity contribution in [2.45, 2.75) is 18.6 Å². The molecule has 1 nitrogen and oxygen atoms in total. The third-order valence-electron chi connectivity index (χ3n) is 2.52. The lowest BCUT2D eigenvalue weighted by molar-refractivity contribution is -0.138. The van der Waals surface area contributed by atoms with Crippen LogP contribution < -0.4 is 5.32 Å². The topological polar surface area (TPSA) is 12.0 Å². The molecular weight excluding hydrogens is 210 g/mol. The Bertz CT molecular complexity index is 368. The van der Waals surface area contributed by atoms with Crippen LogP contribution in [0.5, 0.6) is 0 Å². The summed E-state index contributed by atoms with van der Waals surface area (Å²) in [4.78, 5) is 0. The lowest BCUT2D eigenvalue weighted by Gasteiger charge is -2.30. The van der Waals surface area contributed by atoms with Gasteiger partial charge in [0.1, 0.15) is 5.82 Å². The van der Waals surface area contributed by atoms with E-state index < -0.39 is 17.6 Å². The van der Waals surface area contributed by atoms with E-state index >= 15 is 0 Å². The molecule has 0 unspecified atom stereocenters. The van der Waals surface area contributed by atoms with Crippen molar-refractivity contribution in [3.05, 3.63) is 35.1 Å². The second-order valence-corrected chi connectivity index (χ2v) is 3.52. The predicted octanol–water partition coefficient (Wildman–Crippen LogP) is 2.88. The van der Waals surface area contributed by atoms with Gasteiger partial charge in [0.15, 0.2) is 0 Å². The molecule has 5 heteroatoms. The molecule has 1 N–H and O–H groups in total. The summed E-state index contributed by atoms with van der Waals surface area (Å²) in [5, 5.41) is 2.87. The average Bonchev–Trinajstić information content (AvgIpc) is 2.03. The molecule has 0 radical (unpaired) electrons. The fraction of sp³-hybridized carbons (Fsp3) is 0.400. The van der Waals surface area contributed by atoms with Crippen molar-refractivity contribution in [1.82, 2.24) is 5.32 Å². The smallest absolute Gasteiger partial charge is 0.310 e. The SMILES string of the molecule is Fc1ccc([C@@H]2CCN2)c(C(F)(F)F)c1. The molecule has 1 fully saturated rings. The third kappa shape index (κ3) is 1.97. The maximum Gasteiger partial charge on any atom is 0.416 e. The quantitative estimate of drug-likeness (QED) is 0.716. The van der Waals surface area contributed by atoms with E-state index in [1.54, 1.807) is 0 Å². The predicted molar refractivity (Wildman–Crippen MR) is 46.8 cm³/mol. The van der Waals surface area contributed by atoms with E-state index in [-0.39, 0.29) is 11.6 Å². The van der Waals surface area contributed by atoms with Crippen LogP contribution in [0, 0.1) is 5.82 Å². The van der Waals surface area contributed by atoms with Crippen molar-refractivity contribution < 1.29 is 17.6 Å². The van der Waals surface area contributed by atoms with Crippen LogP contribution in [0.25, 0.3) is 0 Å². The molecule has 0 aromatic heterocycles. The molecule has 1 aliphatic rings. The summed E-state index contributed by atoms with van der Waals surface area (Å²) in [5.74, 6) is -0.856. The number of benzene rings is 1. The van der Waals surface area contributed by atoms with Gasteiger partial charge in [-0.25, -0.2) is 4.39 Å². The Morgan fingerprint density at radius 2 is 1.93 bits per heavy atom. The van der Waals surface area contributed by atoms with E-state index in [0.29, 0.717) is 19.0 Å². The summed E-state index contributed by atoms with van der Waals surface area (Å²) in [6.45, 7) is 0.708. The van der Waals surface area contributed by atoms with Crippen LogP contribution in [0.3, 0.4) is 0 Å². The lowest BCUT2D eigenvalue weighted by atomic mass is 9.93. The van der Waals surface area contributed by atoms with E-state index in [9.17, 15) is 17.6 Å². The first-order chi connectivity index (χ1) is 6.98. The molecule has 1 aliphatic heterocycles. The lowest BCUT2D eigenvalue weighted by Crippen LogP contribution is -2.36. The number of hydrogen-bond donors (Lipinski definition) is 1. The van der Waals surface area contributed by atoms with Crippen molar-refractivity contribution in [3.8, 4) is 0 Å². The minimum absolute atomic E-state index is 0.134. The average molecular weight is 219 g/mol.